The number of nitrogens with one attached hydrogen (secondary N) is 1. The number of halogens is 1. The summed E-state index contributed by atoms with van der Waals surface area (Å²) in [7, 11) is 0. The molecule has 0 saturated heterocycles. The summed E-state index contributed by atoms with van der Waals surface area (Å²) in [5.74, 6) is 0. The van der Waals surface area contributed by atoms with Gasteiger partial charge >= 0.3 is 0 Å². The Balaban J connectivity index is 1.87. The first-order valence-corrected chi connectivity index (χ1v) is 5.42. The van der Waals surface area contributed by atoms with Gasteiger partial charge in [0.1, 0.15) is 0 Å². The summed E-state index contributed by atoms with van der Waals surface area (Å²) in [5.41, 5.74) is 0.427. The van der Waals surface area contributed by atoms with Crippen LogP contribution in [0.15, 0.2) is 11.4 Å². The summed E-state index contributed by atoms with van der Waals surface area (Å²) in [6.45, 7) is 3.23. The van der Waals surface area contributed by atoms with Crippen molar-refractivity contribution in [3.05, 3.63) is 21.3 Å². The molecular formula is C9H12ClNS. The van der Waals surface area contributed by atoms with Gasteiger partial charge in [0.25, 0.3) is 0 Å². The molecule has 1 aromatic rings. The second kappa shape index (κ2) is 3.02. The van der Waals surface area contributed by atoms with Gasteiger partial charge in [0.05, 0.1) is 5.02 Å². The lowest BCUT2D eigenvalue weighted by Crippen LogP contribution is -2.26. The molecule has 1 heterocycles. The first-order valence-electron chi connectivity index (χ1n) is 4.16. The Morgan fingerprint density at radius 3 is 2.92 bits per heavy atom. The van der Waals surface area contributed by atoms with E-state index in [1.807, 2.05) is 11.4 Å². The molecule has 0 spiro atoms. The van der Waals surface area contributed by atoms with Crippen LogP contribution in [0.3, 0.4) is 0 Å². The van der Waals surface area contributed by atoms with E-state index in [1.54, 1.807) is 11.3 Å². The van der Waals surface area contributed by atoms with Gasteiger partial charge in [-0.2, -0.15) is 0 Å². The Morgan fingerprint density at radius 2 is 2.42 bits per heavy atom. The predicted octanol–water partition coefficient (Wildman–Crippen LogP) is 3.04. The Labute approximate surface area is 81.7 Å². The number of hydrogen-bond donors (Lipinski definition) is 1. The van der Waals surface area contributed by atoms with Crippen LogP contribution in [0.2, 0.25) is 5.02 Å². The standard InChI is InChI=1S/C9H12ClNS/c1-9(2-3-9)11-5-8-4-7(10)6-12-8/h4,6,11H,2-3,5H2,1H3. The fourth-order valence-corrected chi connectivity index (χ4v) is 2.12. The largest absolute Gasteiger partial charge is 0.307 e. The van der Waals surface area contributed by atoms with E-state index in [0.29, 0.717) is 5.54 Å². The third kappa shape index (κ3) is 2.00. The maximum atomic E-state index is 5.81. The quantitative estimate of drug-likeness (QED) is 0.793. The highest BCUT2D eigenvalue weighted by Gasteiger charge is 2.36. The highest BCUT2D eigenvalue weighted by atomic mass is 35.5. The van der Waals surface area contributed by atoms with Gasteiger partial charge in [0.2, 0.25) is 0 Å². The summed E-state index contributed by atoms with van der Waals surface area (Å²) in [6, 6.07) is 2.03. The Bertz CT molecular complexity index is 278. The Morgan fingerprint density at radius 1 is 1.67 bits per heavy atom. The molecule has 0 aliphatic heterocycles. The van der Waals surface area contributed by atoms with E-state index in [1.165, 1.54) is 17.7 Å². The molecular weight excluding hydrogens is 190 g/mol. The second-order valence-corrected chi connectivity index (χ2v) is 5.08. The van der Waals surface area contributed by atoms with Gasteiger partial charge in [-0.3, -0.25) is 0 Å². The van der Waals surface area contributed by atoms with Crippen molar-refractivity contribution in [2.45, 2.75) is 31.8 Å². The van der Waals surface area contributed by atoms with Crippen molar-refractivity contribution in [3.63, 3.8) is 0 Å². The molecule has 12 heavy (non-hydrogen) atoms. The molecule has 1 N–H and O–H groups in total. The molecule has 1 nitrogen and oxygen atoms in total. The van der Waals surface area contributed by atoms with Crippen molar-refractivity contribution in [1.29, 1.82) is 0 Å². The van der Waals surface area contributed by atoms with Gasteiger partial charge in [-0.15, -0.1) is 11.3 Å². The molecule has 1 saturated carbocycles. The molecule has 0 amide bonds. The van der Waals surface area contributed by atoms with Gasteiger partial charge in [0.15, 0.2) is 0 Å². The van der Waals surface area contributed by atoms with Crippen LogP contribution in [0.1, 0.15) is 24.6 Å². The average Bonchev–Trinajstić information content (AvgIpc) is 2.60. The molecule has 0 unspecified atom stereocenters. The lowest BCUT2D eigenvalue weighted by Gasteiger charge is -2.08. The minimum absolute atomic E-state index is 0.427. The van der Waals surface area contributed by atoms with Crippen LogP contribution in [0.4, 0.5) is 0 Å². The summed E-state index contributed by atoms with van der Waals surface area (Å²) in [4.78, 5) is 1.33. The van der Waals surface area contributed by atoms with E-state index in [-0.39, 0.29) is 0 Å². The van der Waals surface area contributed by atoms with Crippen LogP contribution < -0.4 is 5.32 Å². The molecule has 0 bridgehead atoms. The van der Waals surface area contributed by atoms with Crippen LogP contribution in [0.25, 0.3) is 0 Å². The molecule has 0 radical (unpaired) electrons. The monoisotopic (exact) mass is 201 g/mol. The van der Waals surface area contributed by atoms with Crippen LogP contribution in [-0.4, -0.2) is 5.54 Å². The van der Waals surface area contributed by atoms with E-state index >= 15 is 0 Å². The minimum atomic E-state index is 0.427. The van der Waals surface area contributed by atoms with Gasteiger partial charge < -0.3 is 5.32 Å². The molecule has 0 atom stereocenters. The Hall–Kier alpha value is -0.0500. The van der Waals surface area contributed by atoms with Gasteiger partial charge in [0, 0.05) is 22.3 Å². The average molecular weight is 202 g/mol. The SMILES string of the molecule is CC1(NCc2cc(Cl)cs2)CC1. The molecule has 0 aromatic carbocycles. The topological polar surface area (TPSA) is 12.0 Å². The molecule has 1 aliphatic rings. The minimum Gasteiger partial charge on any atom is -0.307 e. The zero-order chi connectivity index (χ0) is 8.60. The molecule has 2 rings (SSSR count). The third-order valence-corrected chi connectivity index (χ3v) is 3.60. The zero-order valence-electron chi connectivity index (χ0n) is 7.06. The fourth-order valence-electron chi connectivity index (χ4n) is 1.11. The number of hydrogen-bond acceptors (Lipinski definition) is 2. The van der Waals surface area contributed by atoms with Crippen molar-refractivity contribution in [2.24, 2.45) is 0 Å². The molecule has 66 valence electrons. The normalized spacial score (nSPS) is 19.5. The summed E-state index contributed by atoms with van der Waals surface area (Å²) in [5, 5.41) is 6.35. The lowest BCUT2D eigenvalue weighted by atomic mass is 10.3. The smallest absolute Gasteiger partial charge is 0.0516 e. The maximum absolute atomic E-state index is 5.81. The number of rotatable bonds is 3. The second-order valence-electron chi connectivity index (χ2n) is 3.65. The van der Waals surface area contributed by atoms with E-state index < -0.39 is 0 Å². The fraction of sp³-hybridized carbons (Fsp3) is 0.556. The van der Waals surface area contributed by atoms with Crippen molar-refractivity contribution < 1.29 is 0 Å². The zero-order valence-corrected chi connectivity index (χ0v) is 8.63. The summed E-state index contributed by atoms with van der Waals surface area (Å²) < 4.78 is 0. The van der Waals surface area contributed by atoms with Crippen molar-refractivity contribution in [1.82, 2.24) is 5.32 Å². The molecule has 1 aliphatic carbocycles. The van der Waals surface area contributed by atoms with Crippen molar-refractivity contribution >= 4 is 22.9 Å². The van der Waals surface area contributed by atoms with E-state index in [4.69, 9.17) is 11.6 Å². The first kappa shape index (κ1) is 8.54. The van der Waals surface area contributed by atoms with E-state index in [2.05, 4.69) is 12.2 Å². The van der Waals surface area contributed by atoms with Gasteiger partial charge in [-0.05, 0) is 25.8 Å². The highest BCUT2D eigenvalue weighted by molar-refractivity contribution is 7.10. The lowest BCUT2D eigenvalue weighted by molar-refractivity contribution is 0.541. The molecule has 3 heteroatoms. The highest BCUT2D eigenvalue weighted by Crippen LogP contribution is 2.34. The van der Waals surface area contributed by atoms with Crippen LogP contribution >= 0.6 is 22.9 Å². The Kier molecular flexibility index (Phi) is 2.15. The van der Waals surface area contributed by atoms with Gasteiger partial charge in [-0.1, -0.05) is 11.6 Å². The summed E-state index contributed by atoms with van der Waals surface area (Å²) in [6.07, 6.45) is 2.62. The van der Waals surface area contributed by atoms with Crippen molar-refractivity contribution in [2.75, 3.05) is 0 Å². The van der Waals surface area contributed by atoms with E-state index in [9.17, 15) is 0 Å². The van der Waals surface area contributed by atoms with Gasteiger partial charge in [-0.25, -0.2) is 0 Å². The summed E-state index contributed by atoms with van der Waals surface area (Å²) >= 11 is 7.53. The predicted molar refractivity (Wildman–Crippen MR) is 53.8 cm³/mol. The molecule has 1 fully saturated rings. The van der Waals surface area contributed by atoms with E-state index in [0.717, 1.165) is 11.6 Å². The van der Waals surface area contributed by atoms with Crippen LogP contribution in [-0.2, 0) is 6.54 Å². The maximum Gasteiger partial charge on any atom is 0.0516 e. The first-order chi connectivity index (χ1) is 5.68. The van der Waals surface area contributed by atoms with Crippen LogP contribution in [0.5, 0.6) is 0 Å². The molecule has 1 aromatic heterocycles. The third-order valence-electron chi connectivity index (χ3n) is 2.31. The number of thiophene rings is 1. The van der Waals surface area contributed by atoms with Crippen LogP contribution in [0, 0.1) is 0 Å². The van der Waals surface area contributed by atoms with Crippen molar-refractivity contribution in [3.8, 4) is 0 Å².